The fourth-order valence-electron chi connectivity index (χ4n) is 2.45. The quantitative estimate of drug-likeness (QED) is 0.688. The number of aliphatic hydroxyl groups is 1. The van der Waals surface area contributed by atoms with Crippen LogP contribution in [0.15, 0.2) is 0 Å². The highest BCUT2D eigenvalue weighted by Crippen LogP contribution is 2.37. The Labute approximate surface area is 110 Å². The van der Waals surface area contributed by atoms with Gasteiger partial charge in [-0.25, -0.2) is 0 Å². The molecule has 1 unspecified atom stereocenters. The van der Waals surface area contributed by atoms with Gasteiger partial charge >= 0.3 is 0 Å². The molecule has 4 heteroatoms. The van der Waals surface area contributed by atoms with Crippen molar-refractivity contribution in [2.75, 3.05) is 24.7 Å². The monoisotopic (exact) mass is 261 g/mol. The van der Waals surface area contributed by atoms with E-state index in [1.54, 1.807) is 0 Å². The molecule has 1 aliphatic heterocycles. The second-order valence-electron chi connectivity index (χ2n) is 5.87. The highest BCUT2D eigenvalue weighted by atomic mass is 32.2. The number of rotatable bonds is 7. The van der Waals surface area contributed by atoms with Crippen LogP contribution in [-0.4, -0.2) is 47.0 Å². The summed E-state index contributed by atoms with van der Waals surface area (Å²) >= 11 is 1.90. The van der Waals surface area contributed by atoms with E-state index in [0.29, 0.717) is 12.6 Å². The van der Waals surface area contributed by atoms with Crippen LogP contribution in [0.1, 0.15) is 40.5 Å². The van der Waals surface area contributed by atoms with Gasteiger partial charge in [0.1, 0.15) is 0 Å². The van der Waals surface area contributed by atoms with Crippen LogP contribution in [-0.2, 0) is 4.74 Å². The van der Waals surface area contributed by atoms with Gasteiger partial charge in [-0.1, -0.05) is 0 Å². The molecular weight excluding hydrogens is 234 g/mol. The van der Waals surface area contributed by atoms with Gasteiger partial charge in [0.15, 0.2) is 0 Å². The minimum Gasteiger partial charge on any atom is -0.396 e. The first kappa shape index (κ1) is 15.3. The highest BCUT2D eigenvalue weighted by molar-refractivity contribution is 7.99. The Hall–Kier alpha value is 0.230. The van der Waals surface area contributed by atoms with Gasteiger partial charge < -0.3 is 15.2 Å². The Morgan fingerprint density at radius 2 is 2.00 bits per heavy atom. The molecule has 1 saturated heterocycles. The summed E-state index contributed by atoms with van der Waals surface area (Å²) in [5, 5.41) is 12.3. The van der Waals surface area contributed by atoms with Gasteiger partial charge in [-0.2, -0.15) is 11.8 Å². The summed E-state index contributed by atoms with van der Waals surface area (Å²) in [5.74, 6) is 2.15. The molecule has 2 N–H and O–H groups in total. The molecule has 1 heterocycles. The van der Waals surface area contributed by atoms with Crippen molar-refractivity contribution in [1.82, 2.24) is 5.32 Å². The second-order valence-corrected chi connectivity index (χ2v) is 7.09. The van der Waals surface area contributed by atoms with E-state index in [1.807, 2.05) is 11.8 Å². The summed E-state index contributed by atoms with van der Waals surface area (Å²) in [4.78, 5) is 0. The molecule has 0 amide bonds. The molecule has 1 aliphatic rings. The van der Waals surface area contributed by atoms with Crippen molar-refractivity contribution < 1.29 is 9.84 Å². The maximum atomic E-state index is 8.68. The Balaban J connectivity index is 2.19. The predicted molar refractivity (Wildman–Crippen MR) is 74.7 cm³/mol. The SMILES string of the molecule is CC1(C)CC(NCCSCCCO)C(C)(C)O1. The molecule has 0 aliphatic carbocycles. The van der Waals surface area contributed by atoms with Gasteiger partial charge in [0.05, 0.1) is 11.2 Å². The van der Waals surface area contributed by atoms with Gasteiger partial charge in [0, 0.05) is 24.9 Å². The maximum Gasteiger partial charge on any atom is 0.0787 e. The molecule has 0 aromatic carbocycles. The Morgan fingerprint density at radius 3 is 2.53 bits per heavy atom. The van der Waals surface area contributed by atoms with E-state index in [-0.39, 0.29) is 11.2 Å². The summed E-state index contributed by atoms with van der Waals surface area (Å²) < 4.78 is 6.04. The molecule has 1 fully saturated rings. The van der Waals surface area contributed by atoms with Gasteiger partial charge in [-0.15, -0.1) is 0 Å². The molecule has 1 atom stereocenters. The number of aliphatic hydroxyl groups excluding tert-OH is 1. The van der Waals surface area contributed by atoms with E-state index in [9.17, 15) is 0 Å². The van der Waals surface area contributed by atoms with E-state index in [1.165, 1.54) is 0 Å². The average Bonchev–Trinajstić information content (AvgIpc) is 2.40. The number of hydrogen-bond donors (Lipinski definition) is 2. The van der Waals surface area contributed by atoms with Gasteiger partial charge in [-0.05, 0) is 46.3 Å². The summed E-state index contributed by atoms with van der Waals surface area (Å²) in [7, 11) is 0. The molecule has 0 aromatic rings. The lowest BCUT2D eigenvalue weighted by Crippen LogP contribution is -2.44. The molecule has 0 aromatic heterocycles. The third-order valence-electron chi connectivity index (χ3n) is 3.16. The average molecular weight is 261 g/mol. The molecule has 0 saturated carbocycles. The van der Waals surface area contributed by atoms with Crippen molar-refractivity contribution >= 4 is 11.8 Å². The maximum absolute atomic E-state index is 8.68. The number of thioether (sulfide) groups is 1. The van der Waals surface area contributed by atoms with Crippen LogP contribution in [0.25, 0.3) is 0 Å². The van der Waals surface area contributed by atoms with Gasteiger partial charge in [-0.3, -0.25) is 0 Å². The van der Waals surface area contributed by atoms with E-state index >= 15 is 0 Å². The fourth-order valence-corrected chi connectivity index (χ4v) is 3.25. The molecule has 0 spiro atoms. The lowest BCUT2D eigenvalue weighted by Gasteiger charge is -2.27. The molecule has 3 nitrogen and oxygen atoms in total. The molecule has 1 rings (SSSR count). The van der Waals surface area contributed by atoms with Crippen LogP contribution in [0.5, 0.6) is 0 Å². The van der Waals surface area contributed by atoms with Crippen molar-refractivity contribution in [3.63, 3.8) is 0 Å². The number of hydrogen-bond acceptors (Lipinski definition) is 4. The molecular formula is C13H27NO2S. The summed E-state index contributed by atoms with van der Waals surface area (Å²) in [6.07, 6.45) is 1.97. The van der Waals surface area contributed by atoms with E-state index in [2.05, 4.69) is 33.0 Å². The second kappa shape index (κ2) is 6.41. The van der Waals surface area contributed by atoms with E-state index in [0.717, 1.165) is 30.9 Å². The fraction of sp³-hybridized carbons (Fsp3) is 1.00. The zero-order chi connectivity index (χ0) is 12.9. The Morgan fingerprint density at radius 1 is 1.29 bits per heavy atom. The standard InChI is InChI=1S/C13H27NO2S/c1-12(2)10-11(13(3,4)16-12)14-6-9-17-8-5-7-15/h11,14-15H,5-10H2,1-4H3. The first-order chi connectivity index (χ1) is 7.87. The number of ether oxygens (including phenoxy) is 1. The number of nitrogens with one attached hydrogen (secondary N) is 1. The third kappa shape index (κ3) is 5.16. The van der Waals surface area contributed by atoms with Crippen molar-refractivity contribution in [3.8, 4) is 0 Å². The zero-order valence-electron chi connectivity index (χ0n) is 11.6. The van der Waals surface area contributed by atoms with Crippen LogP contribution in [0, 0.1) is 0 Å². The summed E-state index contributed by atoms with van der Waals surface area (Å²) in [6.45, 7) is 9.97. The van der Waals surface area contributed by atoms with Gasteiger partial charge in [0.25, 0.3) is 0 Å². The lowest BCUT2D eigenvalue weighted by molar-refractivity contribution is -0.0696. The highest BCUT2D eigenvalue weighted by Gasteiger charge is 2.45. The lowest BCUT2D eigenvalue weighted by atomic mass is 9.94. The molecule has 102 valence electrons. The van der Waals surface area contributed by atoms with Crippen molar-refractivity contribution in [3.05, 3.63) is 0 Å². The zero-order valence-corrected chi connectivity index (χ0v) is 12.4. The minimum absolute atomic E-state index is 0.00873. The van der Waals surface area contributed by atoms with Crippen molar-refractivity contribution in [2.45, 2.75) is 57.8 Å². The topological polar surface area (TPSA) is 41.5 Å². The Bertz CT molecular complexity index is 231. The molecule has 0 bridgehead atoms. The molecule has 17 heavy (non-hydrogen) atoms. The van der Waals surface area contributed by atoms with Crippen LogP contribution in [0.2, 0.25) is 0 Å². The van der Waals surface area contributed by atoms with E-state index < -0.39 is 0 Å². The largest absolute Gasteiger partial charge is 0.396 e. The molecule has 0 radical (unpaired) electrons. The minimum atomic E-state index is -0.0702. The van der Waals surface area contributed by atoms with Crippen molar-refractivity contribution in [2.24, 2.45) is 0 Å². The van der Waals surface area contributed by atoms with Crippen molar-refractivity contribution in [1.29, 1.82) is 0 Å². The third-order valence-corrected chi connectivity index (χ3v) is 4.23. The first-order valence-electron chi connectivity index (χ1n) is 6.49. The smallest absolute Gasteiger partial charge is 0.0787 e. The van der Waals surface area contributed by atoms with Crippen LogP contribution >= 0.6 is 11.8 Å². The van der Waals surface area contributed by atoms with E-state index in [4.69, 9.17) is 9.84 Å². The summed E-state index contributed by atoms with van der Waals surface area (Å²) in [6, 6.07) is 0.441. The summed E-state index contributed by atoms with van der Waals surface area (Å²) in [5.41, 5.74) is -0.0789. The predicted octanol–water partition coefficient (Wildman–Crippen LogP) is 2.04. The first-order valence-corrected chi connectivity index (χ1v) is 7.65. The van der Waals surface area contributed by atoms with Crippen LogP contribution < -0.4 is 5.32 Å². The van der Waals surface area contributed by atoms with Crippen LogP contribution in [0.3, 0.4) is 0 Å². The van der Waals surface area contributed by atoms with Crippen LogP contribution in [0.4, 0.5) is 0 Å². The van der Waals surface area contributed by atoms with Gasteiger partial charge in [0.2, 0.25) is 0 Å². The normalized spacial score (nSPS) is 26.3. The Kier molecular flexibility index (Phi) is 5.77.